The van der Waals surface area contributed by atoms with E-state index < -0.39 is 5.41 Å². The fraction of sp³-hybridized carbons (Fsp3) is 0.688. The molecule has 0 amide bonds. The first-order chi connectivity index (χ1) is 9.97. The highest BCUT2D eigenvalue weighted by Gasteiger charge is 2.39. The first-order valence-corrected chi connectivity index (χ1v) is 7.46. The molecule has 2 heterocycles. The summed E-state index contributed by atoms with van der Waals surface area (Å²) in [6.07, 6.45) is 2.11. The maximum atomic E-state index is 12.0. The monoisotopic (exact) mass is 295 g/mol. The molecule has 118 valence electrons. The zero-order chi connectivity index (χ0) is 15.5. The molecule has 1 saturated heterocycles. The molecule has 1 atom stereocenters. The van der Waals surface area contributed by atoms with Gasteiger partial charge < -0.3 is 14.3 Å². The van der Waals surface area contributed by atoms with Gasteiger partial charge in [0.15, 0.2) is 0 Å². The minimum absolute atomic E-state index is 0.0714. The van der Waals surface area contributed by atoms with Crippen molar-refractivity contribution < 1.29 is 19.1 Å². The van der Waals surface area contributed by atoms with Gasteiger partial charge in [-0.25, -0.2) is 0 Å². The first kappa shape index (κ1) is 16.0. The fourth-order valence-corrected chi connectivity index (χ4v) is 3.03. The Morgan fingerprint density at radius 3 is 2.81 bits per heavy atom. The molecule has 0 saturated carbocycles. The molecule has 0 radical (unpaired) electrons. The van der Waals surface area contributed by atoms with Gasteiger partial charge in [-0.1, -0.05) is 0 Å². The van der Waals surface area contributed by atoms with E-state index >= 15 is 0 Å². The molecule has 0 bridgehead atoms. The lowest BCUT2D eigenvalue weighted by Gasteiger charge is -2.39. The van der Waals surface area contributed by atoms with Gasteiger partial charge in [0, 0.05) is 6.54 Å². The zero-order valence-corrected chi connectivity index (χ0v) is 13.1. The number of ether oxygens (including phenoxy) is 1. The Bertz CT molecular complexity index is 480. The summed E-state index contributed by atoms with van der Waals surface area (Å²) in [5.41, 5.74) is -0.465. The van der Waals surface area contributed by atoms with Gasteiger partial charge in [-0.15, -0.1) is 0 Å². The summed E-state index contributed by atoms with van der Waals surface area (Å²) >= 11 is 0. The van der Waals surface area contributed by atoms with E-state index in [9.17, 15) is 4.79 Å². The van der Waals surface area contributed by atoms with E-state index in [0.717, 1.165) is 31.7 Å². The number of hydrogen-bond acceptors (Lipinski definition) is 5. The summed E-state index contributed by atoms with van der Waals surface area (Å²) in [6, 6.07) is 3.70. The minimum atomic E-state index is -0.465. The van der Waals surface area contributed by atoms with Crippen molar-refractivity contribution in [3.63, 3.8) is 0 Å². The standard InChI is InChI=1S/C16H25NO4/c1-16(2,15(19)20-3)12-5-4-8-17(9-12)10-13-6-7-14(11-18)21-13/h6-7,12,18H,4-5,8-11H2,1-3H3/t12-/m0/s1. The second-order valence-electron chi connectivity index (χ2n) is 6.31. The quantitative estimate of drug-likeness (QED) is 0.844. The van der Waals surface area contributed by atoms with Crippen LogP contribution in [0.2, 0.25) is 0 Å². The second-order valence-corrected chi connectivity index (χ2v) is 6.31. The van der Waals surface area contributed by atoms with Gasteiger partial charge >= 0.3 is 5.97 Å². The summed E-state index contributed by atoms with van der Waals surface area (Å²) in [6.45, 7) is 6.43. The lowest BCUT2D eigenvalue weighted by Crippen LogP contribution is -2.44. The molecular weight excluding hydrogens is 270 g/mol. The molecule has 5 heteroatoms. The van der Waals surface area contributed by atoms with E-state index in [1.807, 2.05) is 19.9 Å². The van der Waals surface area contributed by atoms with Gasteiger partial charge in [-0.3, -0.25) is 9.69 Å². The van der Waals surface area contributed by atoms with Crippen LogP contribution in [0.25, 0.3) is 0 Å². The second kappa shape index (κ2) is 6.62. The molecule has 0 aromatic carbocycles. The number of aliphatic hydroxyl groups excluding tert-OH is 1. The third-order valence-electron chi connectivity index (χ3n) is 4.49. The summed E-state index contributed by atoms with van der Waals surface area (Å²) < 4.78 is 10.5. The largest absolute Gasteiger partial charge is 0.469 e. The zero-order valence-electron chi connectivity index (χ0n) is 13.1. The summed E-state index contributed by atoms with van der Waals surface area (Å²) in [5, 5.41) is 9.04. The van der Waals surface area contributed by atoms with Crippen LogP contribution >= 0.6 is 0 Å². The highest BCUT2D eigenvalue weighted by molar-refractivity contribution is 5.76. The predicted octanol–water partition coefficient (Wildman–Crippen LogP) is 2.18. The topological polar surface area (TPSA) is 62.9 Å². The van der Waals surface area contributed by atoms with Crippen LogP contribution in [-0.2, 0) is 22.7 Å². The van der Waals surface area contributed by atoms with Crippen LogP contribution in [0.4, 0.5) is 0 Å². The Kier molecular flexibility index (Phi) is 5.06. The number of aliphatic hydroxyl groups is 1. The van der Waals surface area contributed by atoms with Crippen molar-refractivity contribution in [1.29, 1.82) is 0 Å². The average Bonchev–Trinajstić information content (AvgIpc) is 2.94. The Labute approximate surface area is 125 Å². The van der Waals surface area contributed by atoms with Crippen LogP contribution < -0.4 is 0 Å². The predicted molar refractivity (Wildman–Crippen MR) is 78.4 cm³/mol. The molecule has 1 N–H and O–H groups in total. The van der Waals surface area contributed by atoms with Crippen LogP contribution in [0.15, 0.2) is 16.5 Å². The smallest absolute Gasteiger partial charge is 0.311 e. The molecule has 5 nitrogen and oxygen atoms in total. The van der Waals surface area contributed by atoms with Crippen LogP contribution in [0.3, 0.4) is 0 Å². The number of carbonyl (C=O) groups excluding carboxylic acids is 1. The molecule has 1 aliphatic heterocycles. The van der Waals surface area contributed by atoms with E-state index in [-0.39, 0.29) is 18.5 Å². The van der Waals surface area contributed by atoms with E-state index in [1.54, 1.807) is 6.07 Å². The van der Waals surface area contributed by atoms with Gasteiger partial charge in [0.2, 0.25) is 0 Å². The van der Waals surface area contributed by atoms with Crippen molar-refractivity contribution in [3.05, 3.63) is 23.7 Å². The third-order valence-corrected chi connectivity index (χ3v) is 4.49. The highest BCUT2D eigenvalue weighted by atomic mass is 16.5. The number of furan rings is 1. The Morgan fingerprint density at radius 2 is 2.19 bits per heavy atom. The van der Waals surface area contributed by atoms with Crippen molar-refractivity contribution in [2.75, 3.05) is 20.2 Å². The molecule has 1 fully saturated rings. The summed E-state index contributed by atoms with van der Waals surface area (Å²) in [5.74, 6) is 1.59. The third kappa shape index (κ3) is 3.66. The first-order valence-electron chi connectivity index (χ1n) is 7.46. The molecule has 1 aromatic rings. The van der Waals surface area contributed by atoms with Crippen molar-refractivity contribution in [2.45, 2.75) is 39.8 Å². The minimum Gasteiger partial charge on any atom is -0.469 e. The van der Waals surface area contributed by atoms with Crippen molar-refractivity contribution >= 4 is 5.97 Å². The van der Waals surface area contributed by atoms with E-state index in [2.05, 4.69) is 4.90 Å². The normalized spacial score (nSPS) is 20.5. The van der Waals surface area contributed by atoms with Gasteiger partial charge in [-0.2, -0.15) is 0 Å². The number of methoxy groups -OCH3 is 1. The van der Waals surface area contributed by atoms with Gasteiger partial charge in [0.05, 0.1) is 19.1 Å². The summed E-state index contributed by atoms with van der Waals surface area (Å²) in [4.78, 5) is 14.3. The maximum absolute atomic E-state index is 12.0. The van der Waals surface area contributed by atoms with Crippen molar-refractivity contribution in [3.8, 4) is 0 Å². The Hall–Kier alpha value is -1.33. The Balaban J connectivity index is 1.98. The van der Waals surface area contributed by atoms with Crippen molar-refractivity contribution in [1.82, 2.24) is 4.90 Å². The van der Waals surface area contributed by atoms with E-state index in [1.165, 1.54) is 7.11 Å². The Morgan fingerprint density at radius 1 is 1.48 bits per heavy atom. The molecule has 0 aliphatic carbocycles. The number of esters is 1. The summed E-state index contributed by atoms with van der Waals surface area (Å²) in [7, 11) is 1.45. The SMILES string of the molecule is COC(=O)C(C)(C)[C@H]1CCCN(Cc2ccc(CO)o2)C1. The number of nitrogens with zero attached hydrogens (tertiary/aromatic N) is 1. The van der Waals surface area contributed by atoms with Crippen molar-refractivity contribution in [2.24, 2.45) is 11.3 Å². The van der Waals surface area contributed by atoms with Gasteiger partial charge in [0.1, 0.15) is 18.1 Å². The number of likely N-dealkylation sites (tertiary alicyclic amines) is 1. The van der Waals surface area contributed by atoms with Gasteiger partial charge in [0.25, 0.3) is 0 Å². The van der Waals surface area contributed by atoms with Gasteiger partial charge in [-0.05, 0) is 51.3 Å². The molecule has 0 spiro atoms. The van der Waals surface area contributed by atoms with E-state index in [0.29, 0.717) is 12.3 Å². The molecule has 1 aromatic heterocycles. The van der Waals surface area contributed by atoms with Crippen LogP contribution in [0, 0.1) is 11.3 Å². The number of hydrogen-bond donors (Lipinski definition) is 1. The van der Waals surface area contributed by atoms with Crippen LogP contribution in [0.5, 0.6) is 0 Å². The molecular formula is C16H25NO4. The molecule has 2 rings (SSSR count). The molecule has 1 aliphatic rings. The number of rotatable bonds is 5. The number of piperidine rings is 1. The number of carbonyl (C=O) groups is 1. The van der Waals surface area contributed by atoms with Crippen LogP contribution in [-0.4, -0.2) is 36.2 Å². The average molecular weight is 295 g/mol. The highest BCUT2D eigenvalue weighted by Crippen LogP contribution is 2.35. The van der Waals surface area contributed by atoms with Crippen LogP contribution in [0.1, 0.15) is 38.2 Å². The molecule has 0 unspecified atom stereocenters. The fourth-order valence-electron chi connectivity index (χ4n) is 3.03. The lowest BCUT2D eigenvalue weighted by atomic mass is 9.74. The molecule has 21 heavy (non-hydrogen) atoms. The van der Waals surface area contributed by atoms with E-state index in [4.69, 9.17) is 14.3 Å². The maximum Gasteiger partial charge on any atom is 0.311 e. The lowest BCUT2D eigenvalue weighted by molar-refractivity contribution is -0.155.